The van der Waals surface area contributed by atoms with Crippen LogP contribution in [0.25, 0.3) is 27.7 Å². The van der Waals surface area contributed by atoms with E-state index in [-0.39, 0.29) is 0 Å². The Bertz CT molecular complexity index is 1150. The molecule has 4 heterocycles. The van der Waals surface area contributed by atoms with E-state index in [1.54, 1.807) is 6.20 Å². The van der Waals surface area contributed by atoms with Crippen molar-refractivity contribution in [1.29, 1.82) is 0 Å². The van der Waals surface area contributed by atoms with Gasteiger partial charge in [0, 0.05) is 36.0 Å². The van der Waals surface area contributed by atoms with Crippen LogP contribution >= 0.6 is 0 Å². The largest absolute Gasteiger partial charge is 0.478 e. The summed E-state index contributed by atoms with van der Waals surface area (Å²) in [4.78, 5) is 11.3. The molecule has 0 aliphatic carbocycles. The maximum Gasteiger partial charge on any atom is 0.213 e. The maximum absolute atomic E-state index is 5.43. The first-order valence-corrected chi connectivity index (χ1v) is 10.5. The number of benzene rings is 1. The number of aromatic nitrogens is 4. The van der Waals surface area contributed by atoms with Gasteiger partial charge < -0.3 is 4.74 Å². The molecule has 0 unspecified atom stereocenters. The highest BCUT2D eigenvalue weighted by molar-refractivity contribution is 5.85. The Morgan fingerprint density at radius 2 is 1.83 bits per heavy atom. The lowest BCUT2D eigenvalue weighted by atomic mass is 10.0. The van der Waals surface area contributed by atoms with Gasteiger partial charge in [0.1, 0.15) is 0 Å². The van der Waals surface area contributed by atoms with Crippen molar-refractivity contribution in [1.82, 2.24) is 24.6 Å². The van der Waals surface area contributed by atoms with Crippen LogP contribution in [0.1, 0.15) is 25.3 Å². The molecule has 0 spiro atoms. The molecule has 1 aromatic carbocycles. The van der Waals surface area contributed by atoms with E-state index in [0.717, 1.165) is 34.3 Å². The van der Waals surface area contributed by atoms with Gasteiger partial charge in [-0.25, -0.2) is 9.67 Å². The van der Waals surface area contributed by atoms with E-state index >= 15 is 0 Å². The quantitative estimate of drug-likeness (QED) is 0.479. The topological polar surface area (TPSA) is 56.1 Å². The monoisotopic (exact) mass is 399 g/mol. The Balaban J connectivity index is 1.42. The van der Waals surface area contributed by atoms with Crippen LogP contribution < -0.4 is 4.74 Å². The van der Waals surface area contributed by atoms with Crippen LogP contribution in [-0.2, 0) is 6.54 Å². The van der Waals surface area contributed by atoms with Gasteiger partial charge in [0.25, 0.3) is 0 Å². The molecule has 4 aromatic rings. The third-order valence-corrected chi connectivity index (χ3v) is 5.56. The summed E-state index contributed by atoms with van der Waals surface area (Å²) in [7, 11) is 0. The van der Waals surface area contributed by atoms with Crippen LogP contribution in [0.2, 0.25) is 0 Å². The molecule has 0 saturated carbocycles. The van der Waals surface area contributed by atoms with Gasteiger partial charge in [0.15, 0.2) is 0 Å². The molecular formula is C24H25N5O. The normalized spacial score (nSPS) is 14.4. The molecule has 30 heavy (non-hydrogen) atoms. The molecule has 1 saturated heterocycles. The van der Waals surface area contributed by atoms with Crippen molar-refractivity contribution in [2.75, 3.05) is 19.7 Å². The SMILES string of the molecule is CCOc1ccc(-n2ncc3cc(-c4cncc(CN5CCCC5)c4)ccc32)cn1. The van der Waals surface area contributed by atoms with Crippen molar-refractivity contribution >= 4 is 10.9 Å². The molecule has 1 fully saturated rings. The lowest BCUT2D eigenvalue weighted by molar-refractivity contribution is 0.327. The molecule has 6 nitrogen and oxygen atoms in total. The first-order chi connectivity index (χ1) is 14.8. The summed E-state index contributed by atoms with van der Waals surface area (Å²) in [6.07, 6.45) is 10.2. The smallest absolute Gasteiger partial charge is 0.213 e. The molecule has 0 bridgehead atoms. The number of hydrogen-bond donors (Lipinski definition) is 0. The molecule has 6 heteroatoms. The fraction of sp³-hybridized carbons (Fsp3) is 0.292. The Labute approximate surface area is 176 Å². The van der Waals surface area contributed by atoms with Crippen LogP contribution in [0, 0.1) is 0 Å². The third kappa shape index (κ3) is 3.78. The molecule has 1 aliphatic rings. The predicted octanol–water partition coefficient (Wildman–Crippen LogP) is 4.48. The van der Waals surface area contributed by atoms with Crippen LogP contribution in [0.3, 0.4) is 0 Å². The van der Waals surface area contributed by atoms with Crippen LogP contribution in [0.15, 0.2) is 61.2 Å². The van der Waals surface area contributed by atoms with Crippen LogP contribution in [0.4, 0.5) is 0 Å². The van der Waals surface area contributed by atoms with Crippen molar-refractivity contribution in [3.63, 3.8) is 0 Å². The Morgan fingerprint density at radius 3 is 2.63 bits per heavy atom. The molecule has 0 amide bonds. The van der Waals surface area contributed by atoms with Gasteiger partial charge in [-0.2, -0.15) is 5.10 Å². The molecule has 0 N–H and O–H groups in total. The van der Waals surface area contributed by atoms with Gasteiger partial charge >= 0.3 is 0 Å². The van der Waals surface area contributed by atoms with Crippen molar-refractivity contribution in [3.05, 3.63) is 66.7 Å². The lowest BCUT2D eigenvalue weighted by Crippen LogP contribution is -2.18. The highest BCUT2D eigenvalue weighted by Gasteiger charge is 2.13. The van der Waals surface area contributed by atoms with Gasteiger partial charge in [-0.1, -0.05) is 6.07 Å². The minimum Gasteiger partial charge on any atom is -0.478 e. The molecule has 5 rings (SSSR count). The second kappa shape index (κ2) is 8.24. The highest BCUT2D eigenvalue weighted by atomic mass is 16.5. The molecule has 152 valence electrons. The standard InChI is InChI=1S/C24H25N5O/c1-2-30-24-8-6-22(16-26-24)29-23-7-5-19(12-21(23)15-27-29)20-11-18(13-25-14-20)17-28-9-3-4-10-28/h5-8,11-16H,2-4,9-10,17H2,1H3. The second-order valence-corrected chi connectivity index (χ2v) is 7.68. The van der Waals surface area contributed by atoms with Crippen LogP contribution in [0.5, 0.6) is 5.88 Å². The first-order valence-electron chi connectivity index (χ1n) is 10.5. The summed E-state index contributed by atoms with van der Waals surface area (Å²) in [5.74, 6) is 0.626. The number of fused-ring (bicyclic) bond motifs is 1. The summed E-state index contributed by atoms with van der Waals surface area (Å²) >= 11 is 0. The number of rotatable bonds is 6. The van der Waals surface area contributed by atoms with E-state index < -0.39 is 0 Å². The zero-order valence-electron chi connectivity index (χ0n) is 17.2. The molecule has 0 radical (unpaired) electrons. The molecule has 3 aromatic heterocycles. The van der Waals surface area contributed by atoms with Crippen LogP contribution in [-0.4, -0.2) is 44.3 Å². The molecule has 0 atom stereocenters. The zero-order chi connectivity index (χ0) is 20.3. The third-order valence-electron chi connectivity index (χ3n) is 5.56. The van der Waals surface area contributed by atoms with Gasteiger partial charge in [0.05, 0.1) is 30.2 Å². The summed E-state index contributed by atoms with van der Waals surface area (Å²) in [5, 5.41) is 5.66. The van der Waals surface area contributed by atoms with Crippen molar-refractivity contribution in [2.45, 2.75) is 26.3 Å². The lowest BCUT2D eigenvalue weighted by Gasteiger charge is -2.14. The van der Waals surface area contributed by atoms with Crippen molar-refractivity contribution < 1.29 is 4.74 Å². The van der Waals surface area contributed by atoms with Crippen molar-refractivity contribution in [2.24, 2.45) is 0 Å². The number of hydrogen-bond acceptors (Lipinski definition) is 5. The maximum atomic E-state index is 5.43. The number of nitrogens with zero attached hydrogens (tertiary/aromatic N) is 5. The van der Waals surface area contributed by atoms with Gasteiger partial charge in [-0.15, -0.1) is 0 Å². The minimum absolute atomic E-state index is 0.605. The minimum atomic E-state index is 0.605. The summed E-state index contributed by atoms with van der Waals surface area (Å²) < 4.78 is 7.34. The zero-order valence-corrected chi connectivity index (χ0v) is 17.2. The number of pyridine rings is 2. The van der Waals surface area contributed by atoms with E-state index in [1.807, 2.05) is 42.3 Å². The summed E-state index contributed by atoms with van der Waals surface area (Å²) in [6, 6.07) is 12.5. The highest BCUT2D eigenvalue weighted by Crippen LogP contribution is 2.27. The number of likely N-dealkylation sites (tertiary alicyclic amines) is 1. The average Bonchev–Trinajstić information content (AvgIpc) is 3.44. The molecule has 1 aliphatic heterocycles. The van der Waals surface area contributed by atoms with E-state index in [9.17, 15) is 0 Å². The van der Waals surface area contributed by atoms with E-state index in [0.29, 0.717) is 12.5 Å². The summed E-state index contributed by atoms with van der Waals surface area (Å²) in [5.41, 5.74) is 5.53. The number of ether oxygens (including phenoxy) is 1. The first kappa shape index (κ1) is 18.8. The average molecular weight is 399 g/mol. The van der Waals surface area contributed by atoms with E-state index in [2.05, 4.69) is 44.2 Å². The van der Waals surface area contributed by atoms with Gasteiger partial charge in [-0.05, 0) is 68.2 Å². The molecular weight excluding hydrogens is 374 g/mol. The van der Waals surface area contributed by atoms with Crippen molar-refractivity contribution in [3.8, 4) is 22.7 Å². The second-order valence-electron chi connectivity index (χ2n) is 7.68. The van der Waals surface area contributed by atoms with E-state index in [4.69, 9.17) is 4.74 Å². The van der Waals surface area contributed by atoms with E-state index in [1.165, 1.54) is 31.5 Å². The fourth-order valence-electron chi connectivity index (χ4n) is 4.08. The fourth-order valence-corrected chi connectivity index (χ4v) is 4.08. The van der Waals surface area contributed by atoms with Gasteiger partial charge in [0.2, 0.25) is 5.88 Å². The Morgan fingerprint density at radius 1 is 0.933 bits per heavy atom. The Kier molecular flexibility index (Phi) is 5.15. The Hall–Kier alpha value is -3.25. The van der Waals surface area contributed by atoms with Gasteiger partial charge in [-0.3, -0.25) is 9.88 Å². The summed E-state index contributed by atoms with van der Waals surface area (Å²) in [6.45, 7) is 5.91. The predicted molar refractivity (Wildman–Crippen MR) is 118 cm³/mol.